The second-order valence-electron chi connectivity index (χ2n) is 6.31. The van der Waals surface area contributed by atoms with Gasteiger partial charge in [0, 0.05) is 31.4 Å². The van der Waals surface area contributed by atoms with Crippen molar-refractivity contribution in [3.63, 3.8) is 0 Å². The Morgan fingerprint density at radius 3 is 2.96 bits per heavy atom. The molecule has 2 aromatic rings. The fourth-order valence-electron chi connectivity index (χ4n) is 3.28. The molecule has 1 amide bonds. The summed E-state index contributed by atoms with van der Waals surface area (Å²) >= 11 is 0. The number of hydrogen-bond acceptors (Lipinski definition) is 6. The third-order valence-electron chi connectivity index (χ3n) is 4.48. The smallest absolute Gasteiger partial charge is 0.274 e. The fourth-order valence-corrected chi connectivity index (χ4v) is 3.28. The van der Waals surface area contributed by atoms with Gasteiger partial charge in [-0.05, 0) is 12.1 Å². The van der Waals surface area contributed by atoms with E-state index in [0.29, 0.717) is 38.2 Å². The van der Waals surface area contributed by atoms with Crippen LogP contribution in [-0.2, 0) is 4.74 Å². The molecule has 2 fully saturated rings. The second kappa shape index (κ2) is 6.36. The normalized spacial score (nSPS) is 21.6. The molecule has 0 saturated carbocycles. The molecule has 4 rings (SSSR count). The van der Waals surface area contributed by atoms with Crippen molar-refractivity contribution in [3.8, 4) is 5.88 Å². The second-order valence-corrected chi connectivity index (χ2v) is 6.31. The van der Waals surface area contributed by atoms with E-state index in [1.54, 1.807) is 4.90 Å². The molecule has 2 aliphatic rings. The molecule has 1 atom stereocenters. The molecule has 25 heavy (non-hydrogen) atoms. The molecule has 0 aromatic carbocycles. The molecular weight excluding hydrogens is 327 g/mol. The summed E-state index contributed by atoms with van der Waals surface area (Å²) in [6.07, 6.45) is 7.03. The molecule has 7 nitrogen and oxygen atoms in total. The monoisotopic (exact) mass is 344 g/mol. The first-order valence-corrected chi connectivity index (χ1v) is 8.12. The first-order chi connectivity index (χ1) is 12.2. The molecule has 2 saturated heterocycles. The Hall–Kier alpha value is -2.61. The first kappa shape index (κ1) is 15.9. The maximum Gasteiger partial charge on any atom is 0.274 e. The maximum absolute atomic E-state index is 13.7. The molecule has 2 aliphatic heterocycles. The largest absolute Gasteiger partial charge is 0.472 e. The maximum atomic E-state index is 13.7. The zero-order valence-electron chi connectivity index (χ0n) is 13.5. The van der Waals surface area contributed by atoms with Crippen molar-refractivity contribution in [2.75, 3.05) is 19.7 Å². The summed E-state index contributed by atoms with van der Waals surface area (Å²) in [5.41, 5.74) is -0.122. The summed E-state index contributed by atoms with van der Waals surface area (Å²) in [5, 5.41) is 0. The van der Waals surface area contributed by atoms with Gasteiger partial charge in [-0.25, -0.2) is 14.4 Å². The molecule has 0 unspecified atom stereocenters. The molecule has 2 aromatic heterocycles. The van der Waals surface area contributed by atoms with Gasteiger partial charge < -0.3 is 14.4 Å². The highest BCUT2D eigenvalue weighted by Crippen LogP contribution is 2.36. The molecule has 130 valence electrons. The van der Waals surface area contributed by atoms with Crippen LogP contribution in [0.15, 0.2) is 36.9 Å². The van der Waals surface area contributed by atoms with E-state index in [4.69, 9.17) is 9.47 Å². The summed E-state index contributed by atoms with van der Waals surface area (Å²) in [5.74, 6) is -0.631. The third-order valence-corrected chi connectivity index (χ3v) is 4.48. The number of rotatable bonds is 3. The SMILES string of the molecule is O=C(c1cnccn1)N1CC2(C[C@@H](Oc3ncccc3F)CCO2)C1. The van der Waals surface area contributed by atoms with Crippen molar-refractivity contribution < 1.29 is 18.7 Å². The average molecular weight is 344 g/mol. The Bertz CT molecular complexity index is 767. The molecule has 0 radical (unpaired) electrons. The van der Waals surface area contributed by atoms with Crippen LogP contribution in [0.3, 0.4) is 0 Å². The van der Waals surface area contributed by atoms with Gasteiger partial charge >= 0.3 is 0 Å². The number of pyridine rings is 1. The molecule has 0 N–H and O–H groups in total. The zero-order valence-corrected chi connectivity index (χ0v) is 13.5. The van der Waals surface area contributed by atoms with Gasteiger partial charge in [0.05, 0.1) is 25.9 Å². The van der Waals surface area contributed by atoms with Gasteiger partial charge in [-0.15, -0.1) is 0 Å². The Balaban J connectivity index is 1.38. The van der Waals surface area contributed by atoms with E-state index in [1.165, 1.54) is 36.9 Å². The first-order valence-electron chi connectivity index (χ1n) is 8.12. The van der Waals surface area contributed by atoms with E-state index >= 15 is 0 Å². The van der Waals surface area contributed by atoms with E-state index in [0.717, 1.165) is 0 Å². The Morgan fingerprint density at radius 2 is 2.20 bits per heavy atom. The number of amides is 1. The van der Waals surface area contributed by atoms with Gasteiger partial charge in [0.15, 0.2) is 5.82 Å². The Labute approximate surface area is 143 Å². The zero-order chi connectivity index (χ0) is 17.3. The third kappa shape index (κ3) is 3.17. The predicted molar refractivity (Wildman–Crippen MR) is 84.5 cm³/mol. The van der Waals surface area contributed by atoms with Crippen molar-refractivity contribution in [1.29, 1.82) is 0 Å². The van der Waals surface area contributed by atoms with Crippen LogP contribution in [0.25, 0.3) is 0 Å². The lowest BCUT2D eigenvalue weighted by atomic mass is 9.84. The van der Waals surface area contributed by atoms with Crippen molar-refractivity contribution in [1.82, 2.24) is 19.9 Å². The van der Waals surface area contributed by atoms with Crippen LogP contribution >= 0.6 is 0 Å². The molecule has 0 bridgehead atoms. The minimum absolute atomic E-state index is 0.0105. The van der Waals surface area contributed by atoms with Crippen LogP contribution in [-0.4, -0.2) is 57.2 Å². The van der Waals surface area contributed by atoms with Crippen LogP contribution in [0.5, 0.6) is 5.88 Å². The number of aromatic nitrogens is 3. The number of halogens is 1. The van der Waals surface area contributed by atoms with E-state index in [9.17, 15) is 9.18 Å². The van der Waals surface area contributed by atoms with Crippen LogP contribution in [0, 0.1) is 5.82 Å². The van der Waals surface area contributed by atoms with E-state index < -0.39 is 11.4 Å². The Morgan fingerprint density at radius 1 is 1.32 bits per heavy atom. The van der Waals surface area contributed by atoms with Crippen LogP contribution in [0.4, 0.5) is 4.39 Å². The van der Waals surface area contributed by atoms with Crippen LogP contribution in [0.2, 0.25) is 0 Å². The highest BCUT2D eigenvalue weighted by Gasteiger charge is 2.50. The predicted octanol–water partition coefficient (Wildman–Crippen LogP) is 1.46. The summed E-state index contributed by atoms with van der Waals surface area (Å²) in [6.45, 7) is 1.44. The fraction of sp³-hybridized carbons (Fsp3) is 0.412. The number of carbonyl (C=O) groups is 1. The summed E-state index contributed by atoms with van der Waals surface area (Å²) in [7, 11) is 0. The number of ether oxygens (including phenoxy) is 2. The van der Waals surface area contributed by atoms with Gasteiger partial charge in [-0.1, -0.05) is 0 Å². The number of carbonyl (C=O) groups excluding carboxylic acids is 1. The lowest BCUT2D eigenvalue weighted by Gasteiger charge is -2.52. The van der Waals surface area contributed by atoms with Crippen molar-refractivity contribution in [2.24, 2.45) is 0 Å². The highest BCUT2D eigenvalue weighted by atomic mass is 19.1. The number of likely N-dealkylation sites (tertiary alicyclic amines) is 1. The van der Waals surface area contributed by atoms with Gasteiger partial charge in [0.25, 0.3) is 11.8 Å². The molecule has 1 spiro atoms. The Kier molecular flexibility index (Phi) is 4.04. The summed E-state index contributed by atoms with van der Waals surface area (Å²) in [6, 6.07) is 2.84. The molecule has 0 aliphatic carbocycles. The van der Waals surface area contributed by atoms with Gasteiger partial charge in [0.1, 0.15) is 17.4 Å². The molecule has 4 heterocycles. The summed E-state index contributed by atoms with van der Waals surface area (Å²) < 4.78 is 25.3. The van der Waals surface area contributed by atoms with Crippen molar-refractivity contribution in [2.45, 2.75) is 24.5 Å². The van der Waals surface area contributed by atoms with E-state index in [-0.39, 0.29) is 17.9 Å². The van der Waals surface area contributed by atoms with Crippen LogP contribution < -0.4 is 4.74 Å². The van der Waals surface area contributed by atoms with Gasteiger partial charge in [0.2, 0.25) is 0 Å². The topological polar surface area (TPSA) is 77.4 Å². The van der Waals surface area contributed by atoms with Crippen LogP contribution in [0.1, 0.15) is 23.3 Å². The van der Waals surface area contributed by atoms with E-state index in [1.807, 2.05) is 0 Å². The van der Waals surface area contributed by atoms with Crippen molar-refractivity contribution >= 4 is 5.91 Å². The molecular formula is C17H17FN4O3. The average Bonchev–Trinajstić information content (AvgIpc) is 2.62. The van der Waals surface area contributed by atoms with E-state index in [2.05, 4.69) is 15.0 Å². The summed E-state index contributed by atoms with van der Waals surface area (Å²) in [4.78, 5) is 25.9. The quantitative estimate of drug-likeness (QED) is 0.839. The number of nitrogens with zero attached hydrogens (tertiary/aromatic N) is 4. The number of hydrogen-bond donors (Lipinski definition) is 0. The van der Waals surface area contributed by atoms with Gasteiger partial charge in [-0.2, -0.15) is 0 Å². The highest BCUT2D eigenvalue weighted by molar-refractivity contribution is 5.92. The lowest BCUT2D eigenvalue weighted by Crippen LogP contribution is -2.67. The minimum Gasteiger partial charge on any atom is -0.472 e. The van der Waals surface area contributed by atoms with Gasteiger partial charge in [-0.3, -0.25) is 9.78 Å². The standard InChI is InChI=1S/C17H17FN4O3/c18-13-2-1-4-21-15(13)25-12-3-7-24-17(8-12)10-22(11-17)16(23)14-9-19-5-6-20-14/h1-2,4-6,9,12H,3,7-8,10-11H2/t12-/m0/s1. The minimum atomic E-state index is -0.476. The van der Waals surface area contributed by atoms with Crippen molar-refractivity contribution in [3.05, 3.63) is 48.4 Å². The molecule has 8 heteroatoms. The lowest BCUT2D eigenvalue weighted by molar-refractivity contribution is -0.174.